The molecular formula is C9H17N5. The van der Waals surface area contributed by atoms with Crippen LogP contribution in [-0.2, 0) is 6.54 Å². The van der Waals surface area contributed by atoms with Crippen molar-refractivity contribution in [2.45, 2.75) is 19.0 Å². The van der Waals surface area contributed by atoms with Gasteiger partial charge in [-0.25, -0.2) is 4.68 Å². The molecule has 1 aromatic rings. The monoisotopic (exact) mass is 195 g/mol. The lowest BCUT2D eigenvalue weighted by molar-refractivity contribution is 0.396. The zero-order valence-corrected chi connectivity index (χ0v) is 8.77. The molecule has 1 saturated heterocycles. The van der Waals surface area contributed by atoms with E-state index in [1.807, 2.05) is 18.8 Å². The van der Waals surface area contributed by atoms with Crippen molar-refractivity contribution in [2.24, 2.45) is 0 Å². The van der Waals surface area contributed by atoms with Gasteiger partial charge in [0.2, 0.25) is 0 Å². The van der Waals surface area contributed by atoms with Gasteiger partial charge in [0.15, 0.2) is 0 Å². The van der Waals surface area contributed by atoms with Gasteiger partial charge in [-0.05, 0) is 27.1 Å². The molecule has 0 unspecified atom stereocenters. The quantitative estimate of drug-likeness (QED) is 0.730. The van der Waals surface area contributed by atoms with Gasteiger partial charge in [0, 0.05) is 13.1 Å². The minimum Gasteiger partial charge on any atom is -0.315 e. The Labute approximate surface area is 84.1 Å². The Morgan fingerprint density at radius 1 is 1.64 bits per heavy atom. The highest BCUT2D eigenvalue weighted by Crippen LogP contribution is 2.13. The lowest BCUT2D eigenvalue weighted by Crippen LogP contribution is -2.14. The molecule has 1 atom stereocenters. The fourth-order valence-electron chi connectivity index (χ4n) is 1.75. The fraction of sp³-hybridized carbons (Fsp3) is 0.778. The lowest BCUT2D eigenvalue weighted by Gasteiger charge is -2.07. The van der Waals surface area contributed by atoms with Crippen molar-refractivity contribution in [1.82, 2.24) is 25.2 Å². The topological polar surface area (TPSA) is 46.0 Å². The third kappa shape index (κ3) is 2.10. The van der Waals surface area contributed by atoms with E-state index in [1.54, 1.807) is 0 Å². The summed E-state index contributed by atoms with van der Waals surface area (Å²) in [5, 5.41) is 11.6. The van der Waals surface area contributed by atoms with Crippen LogP contribution < -0.4 is 5.32 Å². The second kappa shape index (κ2) is 4.06. The van der Waals surface area contributed by atoms with Crippen LogP contribution in [0.15, 0.2) is 6.20 Å². The van der Waals surface area contributed by atoms with Gasteiger partial charge in [-0.2, -0.15) is 0 Å². The van der Waals surface area contributed by atoms with Crippen LogP contribution in [-0.4, -0.2) is 47.1 Å². The predicted molar refractivity (Wildman–Crippen MR) is 53.9 cm³/mol. The van der Waals surface area contributed by atoms with E-state index in [4.69, 9.17) is 0 Å². The van der Waals surface area contributed by atoms with Crippen LogP contribution in [0, 0.1) is 0 Å². The van der Waals surface area contributed by atoms with Crippen molar-refractivity contribution in [3.63, 3.8) is 0 Å². The molecule has 14 heavy (non-hydrogen) atoms. The molecule has 1 N–H and O–H groups in total. The molecule has 2 heterocycles. The molecule has 0 bridgehead atoms. The van der Waals surface area contributed by atoms with Crippen molar-refractivity contribution in [3.05, 3.63) is 11.9 Å². The maximum absolute atomic E-state index is 4.15. The summed E-state index contributed by atoms with van der Waals surface area (Å²) in [5.74, 6) is 0. The van der Waals surface area contributed by atoms with E-state index in [-0.39, 0.29) is 0 Å². The number of aromatic nitrogens is 3. The summed E-state index contributed by atoms with van der Waals surface area (Å²) < 4.78 is 1.98. The summed E-state index contributed by atoms with van der Waals surface area (Å²) >= 11 is 0. The second-order valence-corrected chi connectivity index (χ2v) is 4.07. The van der Waals surface area contributed by atoms with Gasteiger partial charge in [0.1, 0.15) is 0 Å². The third-order valence-electron chi connectivity index (χ3n) is 2.44. The number of nitrogens with one attached hydrogen (secondary N) is 1. The highest BCUT2D eigenvalue weighted by Gasteiger charge is 2.17. The zero-order chi connectivity index (χ0) is 9.97. The molecule has 1 aliphatic heterocycles. The highest BCUT2D eigenvalue weighted by atomic mass is 15.4. The largest absolute Gasteiger partial charge is 0.315 e. The fourth-order valence-corrected chi connectivity index (χ4v) is 1.75. The molecule has 1 aliphatic rings. The minimum atomic E-state index is 0.499. The average molecular weight is 195 g/mol. The first-order valence-electron chi connectivity index (χ1n) is 5.02. The summed E-state index contributed by atoms with van der Waals surface area (Å²) in [6.07, 6.45) is 3.21. The molecule has 0 aromatic carbocycles. The van der Waals surface area contributed by atoms with E-state index in [1.165, 1.54) is 0 Å². The smallest absolute Gasteiger partial charge is 0.0967 e. The predicted octanol–water partition coefficient (Wildman–Crippen LogP) is -0.126. The summed E-state index contributed by atoms with van der Waals surface area (Å²) in [7, 11) is 4.08. The molecule has 5 nitrogen and oxygen atoms in total. The van der Waals surface area contributed by atoms with Crippen molar-refractivity contribution in [1.29, 1.82) is 0 Å². The van der Waals surface area contributed by atoms with E-state index in [2.05, 4.69) is 26.7 Å². The van der Waals surface area contributed by atoms with Gasteiger partial charge in [-0.3, -0.25) is 0 Å². The Morgan fingerprint density at radius 3 is 3.14 bits per heavy atom. The van der Waals surface area contributed by atoms with Crippen LogP contribution in [0.5, 0.6) is 0 Å². The Morgan fingerprint density at radius 2 is 2.50 bits per heavy atom. The maximum Gasteiger partial charge on any atom is 0.0967 e. The zero-order valence-electron chi connectivity index (χ0n) is 8.77. The molecule has 78 valence electrons. The number of hydrogen-bond acceptors (Lipinski definition) is 4. The summed E-state index contributed by atoms with van der Waals surface area (Å²) in [5.41, 5.74) is 1.04. The molecule has 0 saturated carbocycles. The molecular weight excluding hydrogens is 178 g/mol. The van der Waals surface area contributed by atoms with Gasteiger partial charge in [-0.1, -0.05) is 5.21 Å². The van der Waals surface area contributed by atoms with E-state index >= 15 is 0 Å². The molecule has 2 rings (SSSR count). The van der Waals surface area contributed by atoms with Gasteiger partial charge in [0.25, 0.3) is 0 Å². The Bertz CT molecular complexity index is 287. The minimum absolute atomic E-state index is 0.499. The Balaban J connectivity index is 2.01. The first kappa shape index (κ1) is 9.61. The molecule has 5 heteroatoms. The molecule has 0 amide bonds. The van der Waals surface area contributed by atoms with E-state index < -0.39 is 0 Å². The van der Waals surface area contributed by atoms with Crippen LogP contribution in [0.25, 0.3) is 0 Å². The van der Waals surface area contributed by atoms with Crippen molar-refractivity contribution < 1.29 is 0 Å². The third-order valence-corrected chi connectivity index (χ3v) is 2.44. The van der Waals surface area contributed by atoms with E-state index in [9.17, 15) is 0 Å². The first-order valence-corrected chi connectivity index (χ1v) is 5.02. The van der Waals surface area contributed by atoms with Crippen LogP contribution in [0.4, 0.5) is 0 Å². The number of hydrogen-bond donors (Lipinski definition) is 1. The highest BCUT2D eigenvalue weighted by molar-refractivity contribution is 4.94. The first-order chi connectivity index (χ1) is 6.75. The van der Waals surface area contributed by atoms with Gasteiger partial charge < -0.3 is 10.2 Å². The lowest BCUT2D eigenvalue weighted by atomic mass is 10.3. The van der Waals surface area contributed by atoms with E-state index in [0.29, 0.717) is 6.04 Å². The summed E-state index contributed by atoms with van der Waals surface area (Å²) in [4.78, 5) is 2.10. The number of nitrogens with zero attached hydrogens (tertiary/aromatic N) is 4. The SMILES string of the molecule is CN(C)Cc1cn([C@@H]2CCNC2)nn1. The molecule has 1 aromatic heterocycles. The standard InChI is InChI=1S/C9H17N5/c1-13(2)6-8-7-14(12-11-8)9-3-4-10-5-9/h7,9-10H,3-6H2,1-2H3/t9-/m1/s1. The van der Waals surface area contributed by atoms with E-state index in [0.717, 1.165) is 31.7 Å². The maximum atomic E-state index is 4.15. The summed E-state index contributed by atoms with van der Waals surface area (Å²) in [6.45, 7) is 2.97. The van der Waals surface area contributed by atoms with Crippen molar-refractivity contribution in [2.75, 3.05) is 27.2 Å². The molecule has 0 spiro atoms. The van der Waals surface area contributed by atoms with Crippen LogP contribution in [0.3, 0.4) is 0 Å². The van der Waals surface area contributed by atoms with Crippen LogP contribution in [0.2, 0.25) is 0 Å². The Kier molecular flexibility index (Phi) is 2.79. The molecule has 1 fully saturated rings. The number of rotatable bonds is 3. The molecule has 0 aliphatic carbocycles. The van der Waals surface area contributed by atoms with Crippen molar-refractivity contribution in [3.8, 4) is 0 Å². The molecule has 0 radical (unpaired) electrons. The van der Waals surface area contributed by atoms with Gasteiger partial charge in [-0.15, -0.1) is 5.10 Å². The Hall–Kier alpha value is -0.940. The van der Waals surface area contributed by atoms with Crippen molar-refractivity contribution >= 4 is 0 Å². The summed E-state index contributed by atoms with van der Waals surface area (Å²) in [6, 6.07) is 0.499. The van der Waals surface area contributed by atoms with Crippen LogP contribution >= 0.6 is 0 Å². The average Bonchev–Trinajstić information content (AvgIpc) is 2.69. The van der Waals surface area contributed by atoms with Gasteiger partial charge >= 0.3 is 0 Å². The second-order valence-electron chi connectivity index (χ2n) is 4.07. The van der Waals surface area contributed by atoms with Gasteiger partial charge in [0.05, 0.1) is 17.9 Å². The normalized spacial score (nSPS) is 22.1. The van der Waals surface area contributed by atoms with Crippen LogP contribution in [0.1, 0.15) is 18.2 Å².